The molecule has 0 radical (unpaired) electrons. The molecule has 2 heterocycles. The SMILES string of the molecule is COc1csc(C(N)c2cccs2)c1. The van der Waals surface area contributed by atoms with E-state index in [1.807, 2.05) is 22.9 Å². The summed E-state index contributed by atoms with van der Waals surface area (Å²) in [6.07, 6.45) is 0. The van der Waals surface area contributed by atoms with E-state index in [4.69, 9.17) is 10.5 Å². The van der Waals surface area contributed by atoms with Crippen LogP contribution in [-0.4, -0.2) is 7.11 Å². The minimum absolute atomic E-state index is 0.0103. The quantitative estimate of drug-likeness (QED) is 0.871. The van der Waals surface area contributed by atoms with Crippen molar-refractivity contribution in [2.24, 2.45) is 5.73 Å². The molecule has 0 aliphatic rings. The molecule has 0 bridgehead atoms. The van der Waals surface area contributed by atoms with Crippen molar-refractivity contribution >= 4 is 22.7 Å². The van der Waals surface area contributed by atoms with Gasteiger partial charge in [0.15, 0.2) is 0 Å². The van der Waals surface area contributed by atoms with Crippen molar-refractivity contribution in [1.29, 1.82) is 0 Å². The Bertz CT molecular complexity index is 394. The molecule has 2 aromatic heterocycles. The van der Waals surface area contributed by atoms with Crippen molar-refractivity contribution in [1.82, 2.24) is 0 Å². The Morgan fingerprint density at radius 3 is 2.79 bits per heavy atom. The van der Waals surface area contributed by atoms with E-state index in [0.717, 1.165) is 10.6 Å². The Kier molecular flexibility index (Phi) is 2.86. The fourth-order valence-corrected chi connectivity index (χ4v) is 2.91. The van der Waals surface area contributed by atoms with Crippen LogP contribution in [0.4, 0.5) is 0 Å². The zero-order chi connectivity index (χ0) is 9.97. The number of nitrogens with two attached hydrogens (primary N) is 1. The zero-order valence-electron chi connectivity index (χ0n) is 7.77. The highest BCUT2D eigenvalue weighted by atomic mass is 32.1. The van der Waals surface area contributed by atoms with Crippen LogP contribution in [0.1, 0.15) is 15.8 Å². The van der Waals surface area contributed by atoms with Gasteiger partial charge in [-0.25, -0.2) is 0 Å². The fraction of sp³-hybridized carbons (Fsp3) is 0.200. The lowest BCUT2D eigenvalue weighted by Gasteiger charge is -2.05. The maximum atomic E-state index is 6.09. The van der Waals surface area contributed by atoms with E-state index in [1.165, 1.54) is 4.88 Å². The summed E-state index contributed by atoms with van der Waals surface area (Å²) in [5.74, 6) is 0.886. The number of thiophene rings is 2. The lowest BCUT2D eigenvalue weighted by atomic mass is 10.2. The van der Waals surface area contributed by atoms with Crippen molar-refractivity contribution in [3.63, 3.8) is 0 Å². The second-order valence-corrected chi connectivity index (χ2v) is 4.80. The molecule has 0 amide bonds. The third-order valence-electron chi connectivity index (χ3n) is 1.99. The topological polar surface area (TPSA) is 35.2 Å². The lowest BCUT2D eigenvalue weighted by molar-refractivity contribution is 0.416. The highest BCUT2D eigenvalue weighted by Crippen LogP contribution is 2.31. The number of ether oxygens (including phenoxy) is 1. The molecule has 2 nitrogen and oxygen atoms in total. The van der Waals surface area contributed by atoms with Crippen LogP contribution >= 0.6 is 22.7 Å². The normalized spacial score (nSPS) is 12.7. The largest absolute Gasteiger partial charge is 0.496 e. The standard InChI is InChI=1S/C10H11NOS2/c1-12-7-5-9(14-6-7)10(11)8-3-2-4-13-8/h2-6,10H,11H2,1H3. The van der Waals surface area contributed by atoms with Gasteiger partial charge in [-0.05, 0) is 17.5 Å². The lowest BCUT2D eigenvalue weighted by Crippen LogP contribution is -2.07. The van der Waals surface area contributed by atoms with E-state index >= 15 is 0 Å². The van der Waals surface area contributed by atoms with E-state index in [9.17, 15) is 0 Å². The van der Waals surface area contributed by atoms with Gasteiger partial charge in [-0.3, -0.25) is 0 Å². The highest BCUT2D eigenvalue weighted by molar-refractivity contribution is 7.11. The Hall–Kier alpha value is -0.840. The molecule has 0 aromatic carbocycles. The number of methoxy groups -OCH3 is 1. The first-order chi connectivity index (χ1) is 6.81. The minimum Gasteiger partial charge on any atom is -0.496 e. The molecule has 1 unspecified atom stereocenters. The summed E-state index contributed by atoms with van der Waals surface area (Å²) in [6, 6.07) is 6.06. The summed E-state index contributed by atoms with van der Waals surface area (Å²) in [5, 5.41) is 4.02. The first-order valence-electron chi connectivity index (χ1n) is 4.22. The summed E-state index contributed by atoms with van der Waals surface area (Å²) in [7, 11) is 1.67. The van der Waals surface area contributed by atoms with Gasteiger partial charge >= 0.3 is 0 Å². The van der Waals surface area contributed by atoms with Crippen molar-refractivity contribution in [3.05, 3.63) is 38.7 Å². The highest BCUT2D eigenvalue weighted by Gasteiger charge is 2.12. The van der Waals surface area contributed by atoms with Crippen molar-refractivity contribution in [2.45, 2.75) is 6.04 Å². The van der Waals surface area contributed by atoms with Crippen LogP contribution in [-0.2, 0) is 0 Å². The predicted molar refractivity (Wildman–Crippen MR) is 61.2 cm³/mol. The molecule has 14 heavy (non-hydrogen) atoms. The van der Waals surface area contributed by atoms with Gasteiger partial charge in [0.2, 0.25) is 0 Å². The molecule has 2 rings (SSSR count). The average Bonchev–Trinajstić information content (AvgIpc) is 2.88. The van der Waals surface area contributed by atoms with Crippen molar-refractivity contribution in [3.8, 4) is 5.75 Å². The molecule has 0 spiro atoms. The molecule has 0 fully saturated rings. The van der Waals surface area contributed by atoms with Crippen molar-refractivity contribution in [2.75, 3.05) is 7.11 Å². The smallest absolute Gasteiger partial charge is 0.129 e. The third kappa shape index (κ3) is 1.82. The van der Waals surface area contributed by atoms with Gasteiger partial charge in [-0.15, -0.1) is 22.7 Å². The van der Waals surface area contributed by atoms with Crippen LogP contribution in [0.5, 0.6) is 5.75 Å². The molecular weight excluding hydrogens is 214 g/mol. The van der Waals surface area contributed by atoms with E-state index in [0.29, 0.717) is 0 Å². The second-order valence-electron chi connectivity index (χ2n) is 2.88. The molecule has 2 N–H and O–H groups in total. The number of rotatable bonds is 3. The summed E-state index contributed by atoms with van der Waals surface area (Å²) in [4.78, 5) is 2.33. The third-order valence-corrected chi connectivity index (χ3v) is 3.94. The van der Waals surface area contributed by atoms with Gasteiger partial charge in [-0.1, -0.05) is 6.07 Å². The summed E-state index contributed by atoms with van der Waals surface area (Å²) < 4.78 is 5.12. The van der Waals surface area contributed by atoms with Crippen LogP contribution in [0.3, 0.4) is 0 Å². The average molecular weight is 225 g/mol. The van der Waals surface area contributed by atoms with E-state index in [-0.39, 0.29) is 6.04 Å². The molecule has 2 aromatic rings. The van der Waals surface area contributed by atoms with E-state index in [1.54, 1.807) is 29.8 Å². The second kappa shape index (κ2) is 4.13. The Morgan fingerprint density at radius 1 is 1.36 bits per heavy atom. The predicted octanol–water partition coefficient (Wildman–Crippen LogP) is 2.87. The molecule has 74 valence electrons. The Balaban J connectivity index is 2.23. The Labute approximate surface area is 91.0 Å². The first-order valence-corrected chi connectivity index (χ1v) is 5.98. The molecule has 0 saturated carbocycles. The monoisotopic (exact) mass is 225 g/mol. The van der Waals surface area contributed by atoms with Crippen LogP contribution in [0.15, 0.2) is 29.0 Å². The molecule has 0 aliphatic heterocycles. The molecule has 1 atom stereocenters. The van der Waals surface area contributed by atoms with Gasteiger partial charge < -0.3 is 10.5 Å². The minimum atomic E-state index is -0.0103. The van der Waals surface area contributed by atoms with Gasteiger partial charge in [0.05, 0.1) is 13.2 Å². The fourth-order valence-electron chi connectivity index (χ4n) is 1.21. The van der Waals surface area contributed by atoms with Crippen LogP contribution in [0, 0.1) is 0 Å². The number of hydrogen-bond donors (Lipinski definition) is 1. The number of hydrogen-bond acceptors (Lipinski definition) is 4. The van der Waals surface area contributed by atoms with Gasteiger partial charge in [0, 0.05) is 15.1 Å². The summed E-state index contributed by atoms with van der Waals surface area (Å²) in [5.41, 5.74) is 6.09. The van der Waals surface area contributed by atoms with Crippen molar-refractivity contribution < 1.29 is 4.74 Å². The van der Waals surface area contributed by atoms with Crippen LogP contribution in [0.2, 0.25) is 0 Å². The first kappa shape index (κ1) is 9.71. The van der Waals surface area contributed by atoms with Crippen LogP contribution in [0.25, 0.3) is 0 Å². The Morgan fingerprint density at radius 2 is 2.21 bits per heavy atom. The van der Waals surface area contributed by atoms with E-state index < -0.39 is 0 Å². The molecule has 4 heteroatoms. The van der Waals surface area contributed by atoms with E-state index in [2.05, 4.69) is 6.07 Å². The summed E-state index contributed by atoms with van der Waals surface area (Å²) >= 11 is 3.32. The van der Waals surface area contributed by atoms with Gasteiger partial charge in [0.25, 0.3) is 0 Å². The molecule has 0 aliphatic carbocycles. The maximum absolute atomic E-state index is 6.09. The van der Waals surface area contributed by atoms with Gasteiger partial charge in [-0.2, -0.15) is 0 Å². The molecular formula is C10H11NOS2. The maximum Gasteiger partial charge on any atom is 0.129 e. The van der Waals surface area contributed by atoms with Crippen LogP contribution < -0.4 is 10.5 Å². The van der Waals surface area contributed by atoms with Gasteiger partial charge in [0.1, 0.15) is 5.75 Å². The molecule has 0 saturated heterocycles. The zero-order valence-corrected chi connectivity index (χ0v) is 9.40. The summed E-state index contributed by atoms with van der Waals surface area (Å²) in [6.45, 7) is 0.